The zero-order valence-electron chi connectivity index (χ0n) is 38.6. The van der Waals surface area contributed by atoms with Crippen LogP contribution in [-0.2, 0) is 0 Å². The Morgan fingerprint density at radius 1 is 0.594 bits per heavy atom. The van der Waals surface area contributed by atoms with Crippen LogP contribution >= 0.6 is 0 Å². The number of aliphatic imine (C=N–C) groups is 3. The number of nitrogens with zero attached hydrogens (tertiary/aromatic N) is 5. The summed E-state index contributed by atoms with van der Waals surface area (Å²) in [6.45, 7) is 14.1. The lowest BCUT2D eigenvalue weighted by Crippen LogP contribution is -2.55. The Hall–Kier alpha value is -5.91. The van der Waals surface area contributed by atoms with Crippen LogP contribution in [0.1, 0.15) is 71.9 Å². The summed E-state index contributed by atoms with van der Waals surface area (Å²) in [5.41, 5.74) is 11.0. The van der Waals surface area contributed by atoms with E-state index in [2.05, 4.69) is 228 Å². The minimum absolute atomic E-state index is 0.0481. The van der Waals surface area contributed by atoms with Gasteiger partial charge in [-0.3, -0.25) is 9.89 Å². The number of hydrogen-bond donors (Lipinski definition) is 0. The first kappa shape index (κ1) is 42.1. The molecule has 1 fully saturated rings. The molecule has 6 aliphatic rings. The van der Waals surface area contributed by atoms with Crippen LogP contribution in [0, 0.1) is 34.5 Å². The number of benzene rings is 4. The van der Waals surface area contributed by atoms with Crippen molar-refractivity contribution in [3.63, 3.8) is 0 Å². The lowest BCUT2D eigenvalue weighted by Gasteiger charge is -2.44. The van der Waals surface area contributed by atoms with Gasteiger partial charge in [0.05, 0.1) is 5.92 Å². The van der Waals surface area contributed by atoms with Gasteiger partial charge < -0.3 is 4.90 Å². The molecule has 3 heterocycles. The summed E-state index contributed by atoms with van der Waals surface area (Å²) in [6, 6.07) is 39.3. The Morgan fingerprint density at radius 2 is 1.14 bits per heavy atom. The van der Waals surface area contributed by atoms with Crippen LogP contribution in [0.25, 0.3) is 27.8 Å². The molecular weight excluding hydrogens is 779 g/mol. The van der Waals surface area contributed by atoms with Gasteiger partial charge in [0.15, 0.2) is 5.84 Å². The van der Waals surface area contributed by atoms with Crippen molar-refractivity contribution in [3.05, 3.63) is 186 Å². The molecule has 8 unspecified atom stereocenters. The molecule has 8 atom stereocenters. The Morgan fingerprint density at radius 3 is 1.66 bits per heavy atom. The van der Waals surface area contributed by atoms with E-state index in [1.54, 1.807) is 0 Å². The van der Waals surface area contributed by atoms with Crippen LogP contribution in [0.3, 0.4) is 0 Å². The summed E-state index contributed by atoms with van der Waals surface area (Å²) < 4.78 is 0. The predicted molar refractivity (Wildman–Crippen MR) is 269 cm³/mol. The number of rotatable bonds is 7. The minimum Gasteiger partial charge on any atom is -0.340 e. The molecule has 324 valence electrons. The molecule has 0 spiro atoms. The molecule has 4 aromatic rings. The van der Waals surface area contributed by atoms with E-state index in [4.69, 9.17) is 15.0 Å². The summed E-state index contributed by atoms with van der Waals surface area (Å²) in [4.78, 5) is 22.2. The molecule has 4 aromatic carbocycles. The summed E-state index contributed by atoms with van der Waals surface area (Å²) in [5, 5.41) is 0. The van der Waals surface area contributed by atoms with Crippen molar-refractivity contribution in [2.45, 2.75) is 85.2 Å². The highest BCUT2D eigenvalue weighted by molar-refractivity contribution is 6.17. The van der Waals surface area contributed by atoms with Crippen molar-refractivity contribution >= 4 is 23.5 Å². The second kappa shape index (κ2) is 16.9. The lowest BCUT2D eigenvalue weighted by molar-refractivity contribution is 0.145. The summed E-state index contributed by atoms with van der Waals surface area (Å²) in [5.74, 6) is 2.53. The van der Waals surface area contributed by atoms with E-state index in [-0.39, 0.29) is 47.1 Å². The molecule has 0 bridgehead atoms. The summed E-state index contributed by atoms with van der Waals surface area (Å²) >= 11 is 0. The molecule has 3 aliphatic heterocycles. The largest absolute Gasteiger partial charge is 0.340 e. The van der Waals surface area contributed by atoms with Crippen LogP contribution in [-0.4, -0.2) is 59.1 Å². The standard InChI is InChI=1S/C59H63N5/c1-58(2,3)44-31-33-51-48(36-44)49-37-45(59(4,5)6)32-34-52(49)64(51)56-50(57-62-54(41-25-16-10-17-26-41)61-55(63(57)7)42-27-18-11-19-28-42)35-43(38-60-56)53-46(39-21-12-8-13-22-39)29-20-30-47(53)40-23-14-9-15-24-40/h8-10,12-18,20-27,29-38,42,48-52,55-56H,11,19,28H2,1-7H3. The fourth-order valence-electron chi connectivity index (χ4n) is 11.0. The van der Waals surface area contributed by atoms with Gasteiger partial charge in [-0.2, -0.15) is 0 Å². The van der Waals surface area contributed by atoms with Gasteiger partial charge in [0, 0.05) is 48.7 Å². The van der Waals surface area contributed by atoms with Crippen molar-refractivity contribution in [1.82, 2.24) is 9.80 Å². The van der Waals surface area contributed by atoms with Crippen molar-refractivity contribution < 1.29 is 0 Å². The molecular formula is C59H63N5. The van der Waals surface area contributed by atoms with Gasteiger partial charge in [-0.05, 0) is 74.6 Å². The van der Waals surface area contributed by atoms with E-state index in [9.17, 15) is 0 Å². The zero-order chi connectivity index (χ0) is 44.2. The number of fused-ring (bicyclic) bond motifs is 3. The maximum Gasteiger partial charge on any atom is 0.158 e. The molecule has 1 saturated heterocycles. The van der Waals surface area contributed by atoms with Gasteiger partial charge in [0.25, 0.3) is 0 Å². The van der Waals surface area contributed by atoms with Crippen LogP contribution in [0.15, 0.2) is 190 Å². The SMILES string of the molecule is CN1C(C2C=C(c3c(-c4ccccc4)cccc3-c3ccccc3)C=NC2N2C3C=CC(C(C)(C)C)=CC3C3C=C(C(C)(C)C)C=CC32)=NC(c2ccccc2)=NC1C1C=CCCC1. The number of likely N-dealkylation sites (tertiary alicyclic amines) is 1. The van der Waals surface area contributed by atoms with E-state index in [0.717, 1.165) is 35.6 Å². The number of allylic oxidation sites excluding steroid dienone is 6. The van der Waals surface area contributed by atoms with Gasteiger partial charge in [0.1, 0.15) is 18.2 Å². The highest BCUT2D eigenvalue weighted by Gasteiger charge is 2.53. The van der Waals surface area contributed by atoms with Crippen molar-refractivity contribution in [2.75, 3.05) is 7.05 Å². The van der Waals surface area contributed by atoms with Gasteiger partial charge in [-0.15, -0.1) is 0 Å². The second-order valence-corrected chi connectivity index (χ2v) is 20.7. The Bertz CT molecular complexity index is 2550. The monoisotopic (exact) mass is 842 g/mol. The molecule has 0 amide bonds. The van der Waals surface area contributed by atoms with Crippen molar-refractivity contribution in [3.8, 4) is 22.3 Å². The Balaban J connectivity index is 1.18. The molecule has 0 N–H and O–H groups in total. The summed E-state index contributed by atoms with van der Waals surface area (Å²) in [7, 11) is 2.24. The van der Waals surface area contributed by atoms with E-state index in [0.29, 0.717) is 11.8 Å². The smallest absolute Gasteiger partial charge is 0.158 e. The third-order valence-electron chi connectivity index (χ3n) is 14.5. The molecule has 64 heavy (non-hydrogen) atoms. The molecule has 0 radical (unpaired) electrons. The first-order valence-electron chi connectivity index (χ1n) is 23.6. The van der Waals surface area contributed by atoms with Crippen molar-refractivity contribution in [2.24, 2.45) is 49.5 Å². The minimum atomic E-state index is -0.224. The highest BCUT2D eigenvalue weighted by Crippen LogP contribution is 2.50. The average molecular weight is 842 g/mol. The van der Waals surface area contributed by atoms with E-state index >= 15 is 0 Å². The molecule has 10 rings (SSSR count). The van der Waals surface area contributed by atoms with E-state index in [1.165, 1.54) is 45.4 Å². The predicted octanol–water partition coefficient (Wildman–Crippen LogP) is 13.3. The highest BCUT2D eigenvalue weighted by atomic mass is 15.4. The second-order valence-electron chi connectivity index (χ2n) is 20.7. The van der Waals surface area contributed by atoms with Crippen molar-refractivity contribution in [1.29, 1.82) is 0 Å². The molecule has 5 nitrogen and oxygen atoms in total. The van der Waals surface area contributed by atoms with Crippen LogP contribution in [0.2, 0.25) is 0 Å². The number of amidine groups is 2. The third-order valence-corrected chi connectivity index (χ3v) is 14.5. The van der Waals surface area contributed by atoms with E-state index in [1.807, 2.05) is 0 Å². The number of hydrogen-bond acceptors (Lipinski definition) is 5. The molecule has 5 heteroatoms. The molecule has 0 saturated carbocycles. The summed E-state index contributed by atoms with van der Waals surface area (Å²) in [6.07, 6.45) is 27.6. The average Bonchev–Trinajstić information content (AvgIpc) is 3.65. The fourth-order valence-corrected chi connectivity index (χ4v) is 11.0. The quantitative estimate of drug-likeness (QED) is 0.174. The lowest BCUT2D eigenvalue weighted by atomic mass is 9.73. The Kier molecular flexibility index (Phi) is 11.1. The van der Waals surface area contributed by atoms with E-state index < -0.39 is 0 Å². The maximum atomic E-state index is 5.84. The van der Waals surface area contributed by atoms with Gasteiger partial charge in [0.2, 0.25) is 0 Å². The van der Waals surface area contributed by atoms with Gasteiger partial charge in [-0.25, -0.2) is 9.98 Å². The van der Waals surface area contributed by atoms with Crippen LogP contribution in [0.4, 0.5) is 0 Å². The molecule has 3 aliphatic carbocycles. The van der Waals surface area contributed by atoms with Crippen LogP contribution in [0.5, 0.6) is 0 Å². The van der Waals surface area contributed by atoms with Crippen LogP contribution < -0.4 is 0 Å². The Labute approximate surface area is 381 Å². The first-order chi connectivity index (χ1) is 30.9. The zero-order valence-corrected chi connectivity index (χ0v) is 38.6. The third kappa shape index (κ3) is 7.87. The topological polar surface area (TPSA) is 43.6 Å². The van der Waals surface area contributed by atoms with Gasteiger partial charge in [-0.1, -0.05) is 205 Å². The fraction of sp³-hybridized carbons (Fsp3) is 0.339. The molecule has 0 aromatic heterocycles. The first-order valence-corrected chi connectivity index (χ1v) is 23.6. The number of dihydropyridines is 1. The maximum absolute atomic E-state index is 5.84. The van der Waals surface area contributed by atoms with Gasteiger partial charge >= 0.3 is 0 Å². The normalized spacial score (nSPS) is 27.9.